The fraction of sp³-hybridized carbons (Fsp3) is 0.133. The molecule has 2 aromatic carbocycles. The molecule has 4 nitrogen and oxygen atoms in total. The lowest BCUT2D eigenvalue weighted by molar-refractivity contribution is -0.385. The van der Waals surface area contributed by atoms with E-state index >= 15 is 0 Å². The summed E-state index contributed by atoms with van der Waals surface area (Å²) < 4.78 is 0. The molecule has 0 aliphatic heterocycles. The van der Waals surface area contributed by atoms with Crippen molar-refractivity contribution in [2.45, 2.75) is 13.3 Å². The first kappa shape index (κ1) is 15.5. The maximum Gasteiger partial charge on any atom is 0.280 e. The normalized spacial score (nSPS) is 10.4. The lowest BCUT2D eigenvalue weighted by Gasteiger charge is -2.05. The van der Waals surface area contributed by atoms with Crippen LogP contribution >= 0.6 is 23.2 Å². The minimum absolute atomic E-state index is 0.0290. The van der Waals surface area contributed by atoms with Crippen LogP contribution in [-0.2, 0) is 6.42 Å². The first-order valence-electron chi connectivity index (χ1n) is 6.10. The molecule has 21 heavy (non-hydrogen) atoms. The molecule has 0 saturated carbocycles. The number of Topliss-reactive ketones (excluding diaryl/α,β-unsaturated/α-hetero) is 1. The highest BCUT2D eigenvalue weighted by molar-refractivity contribution is 6.42. The zero-order chi connectivity index (χ0) is 15.6. The minimum atomic E-state index is -0.554. The van der Waals surface area contributed by atoms with E-state index < -0.39 is 4.92 Å². The van der Waals surface area contributed by atoms with Gasteiger partial charge >= 0.3 is 0 Å². The Hall–Kier alpha value is -1.91. The quantitative estimate of drug-likeness (QED) is 0.468. The van der Waals surface area contributed by atoms with E-state index in [0.717, 1.165) is 5.56 Å². The molecule has 108 valence electrons. The molecule has 0 radical (unpaired) electrons. The largest absolute Gasteiger partial charge is 0.294 e. The van der Waals surface area contributed by atoms with Gasteiger partial charge in [-0.05, 0) is 36.2 Å². The highest BCUT2D eigenvalue weighted by atomic mass is 35.5. The number of benzene rings is 2. The average Bonchev–Trinajstić information content (AvgIpc) is 2.42. The number of aryl methyl sites for hydroxylation is 1. The van der Waals surface area contributed by atoms with Gasteiger partial charge in [-0.15, -0.1) is 0 Å². The van der Waals surface area contributed by atoms with Crippen molar-refractivity contribution in [3.05, 3.63) is 73.2 Å². The van der Waals surface area contributed by atoms with E-state index in [1.54, 1.807) is 31.2 Å². The number of carbonyl (C=O) groups excluding carboxylic acids is 1. The summed E-state index contributed by atoms with van der Waals surface area (Å²) in [4.78, 5) is 22.8. The third-order valence-electron chi connectivity index (χ3n) is 3.00. The van der Waals surface area contributed by atoms with Gasteiger partial charge in [-0.25, -0.2) is 0 Å². The lowest BCUT2D eigenvalue weighted by atomic mass is 10.00. The fourth-order valence-corrected chi connectivity index (χ4v) is 2.28. The summed E-state index contributed by atoms with van der Waals surface area (Å²) in [6, 6.07) is 9.33. The van der Waals surface area contributed by atoms with Gasteiger partial charge in [-0.1, -0.05) is 35.3 Å². The monoisotopic (exact) mass is 323 g/mol. The summed E-state index contributed by atoms with van der Waals surface area (Å²) in [6.45, 7) is 1.78. The average molecular weight is 324 g/mol. The number of rotatable bonds is 4. The van der Waals surface area contributed by atoms with Crippen LogP contribution in [0.25, 0.3) is 0 Å². The maximum absolute atomic E-state index is 12.3. The number of nitro groups is 1. The van der Waals surface area contributed by atoms with E-state index in [9.17, 15) is 14.9 Å². The Morgan fingerprint density at radius 1 is 1.14 bits per heavy atom. The summed E-state index contributed by atoms with van der Waals surface area (Å²) in [5.74, 6) is -0.330. The summed E-state index contributed by atoms with van der Waals surface area (Å²) >= 11 is 11.7. The van der Waals surface area contributed by atoms with Crippen molar-refractivity contribution in [1.29, 1.82) is 0 Å². The van der Waals surface area contributed by atoms with Gasteiger partial charge in [0, 0.05) is 12.5 Å². The van der Waals surface area contributed by atoms with Gasteiger partial charge in [0.2, 0.25) is 0 Å². The molecular weight excluding hydrogens is 313 g/mol. The molecule has 2 aromatic rings. The number of nitrogens with zero attached hydrogens (tertiary/aromatic N) is 1. The SMILES string of the molecule is Cc1ccc([N+](=O)[O-])c(C(=O)Cc2ccc(Cl)c(Cl)c2)c1. The lowest BCUT2D eigenvalue weighted by Crippen LogP contribution is -2.07. The van der Waals surface area contributed by atoms with Crippen molar-refractivity contribution >= 4 is 34.7 Å². The molecule has 0 heterocycles. The summed E-state index contributed by atoms with van der Waals surface area (Å²) in [6.07, 6.45) is 0.0290. The van der Waals surface area contributed by atoms with Gasteiger partial charge in [0.1, 0.15) is 0 Å². The Bertz CT molecular complexity index is 729. The van der Waals surface area contributed by atoms with Crippen molar-refractivity contribution < 1.29 is 9.72 Å². The Morgan fingerprint density at radius 2 is 1.86 bits per heavy atom. The van der Waals surface area contributed by atoms with Crippen LogP contribution in [0.15, 0.2) is 36.4 Å². The van der Waals surface area contributed by atoms with E-state index in [1.807, 2.05) is 0 Å². The molecule has 2 rings (SSSR count). The zero-order valence-corrected chi connectivity index (χ0v) is 12.6. The first-order chi connectivity index (χ1) is 9.88. The van der Waals surface area contributed by atoms with Crippen LogP contribution in [0.4, 0.5) is 5.69 Å². The molecule has 0 N–H and O–H groups in total. The Labute approximate surface area is 131 Å². The number of hydrogen-bond donors (Lipinski definition) is 0. The zero-order valence-electron chi connectivity index (χ0n) is 11.1. The molecule has 0 saturated heterocycles. The Balaban J connectivity index is 2.34. The second kappa shape index (κ2) is 6.24. The van der Waals surface area contributed by atoms with Crippen molar-refractivity contribution in [1.82, 2.24) is 0 Å². The number of hydrogen-bond acceptors (Lipinski definition) is 3. The fourth-order valence-electron chi connectivity index (χ4n) is 1.96. The van der Waals surface area contributed by atoms with E-state index in [0.29, 0.717) is 15.6 Å². The van der Waals surface area contributed by atoms with Crippen LogP contribution in [0, 0.1) is 17.0 Å². The van der Waals surface area contributed by atoms with Crippen LogP contribution in [0.3, 0.4) is 0 Å². The third kappa shape index (κ3) is 3.60. The van der Waals surface area contributed by atoms with Crippen molar-refractivity contribution in [3.8, 4) is 0 Å². The topological polar surface area (TPSA) is 60.2 Å². The minimum Gasteiger partial charge on any atom is -0.294 e. The summed E-state index contributed by atoms with van der Waals surface area (Å²) in [5.41, 5.74) is 1.36. The second-order valence-corrected chi connectivity index (χ2v) is 5.44. The molecular formula is C15H11Cl2NO3. The van der Waals surface area contributed by atoms with Gasteiger partial charge in [-0.2, -0.15) is 0 Å². The number of carbonyl (C=O) groups is 1. The standard InChI is InChI=1S/C15H11Cl2NO3/c1-9-2-5-14(18(20)21)11(6-9)15(19)8-10-3-4-12(16)13(17)7-10/h2-7H,8H2,1H3. The molecule has 6 heteroatoms. The molecule has 0 aliphatic rings. The predicted octanol–water partition coefficient (Wildman–Crippen LogP) is 4.64. The van der Waals surface area contributed by atoms with Gasteiger partial charge in [-0.3, -0.25) is 14.9 Å². The maximum atomic E-state index is 12.3. The van der Waals surface area contributed by atoms with Crippen LogP contribution < -0.4 is 0 Å². The summed E-state index contributed by atoms with van der Waals surface area (Å²) in [5, 5.41) is 11.7. The van der Waals surface area contributed by atoms with Crippen LogP contribution in [0.1, 0.15) is 21.5 Å². The third-order valence-corrected chi connectivity index (χ3v) is 3.74. The smallest absolute Gasteiger partial charge is 0.280 e. The molecule has 0 bridgehead atoms. The number of ketones is 1. The number of nitro benzene ring substituents is 1. The molecule has 0 amide bonds. The molecule has 0 unspecified atom stereocenters. The van der Waals surface area contributed by atoms with Crippen molar-refractivity contribution in [2.75, 3.05) is 0 Å². The van der Waals surface area contributed by atoms with E-state index in [1.165, 1.54) is 12.1 Å². The van der Waals surface area contributed by atoms with Crippen LogP contribution in [-0.4, -0.2) is 10.7 Å². The van der Waals surface area contributed by atoms with Gasteiger partial charge < -0.3 is 0 Å². The molecule has 0 aliphatic carbocycles. The molecule has 0 atom stereocenters. The van der Waals surface area contributed by atoms with Gasteiger partial charge in [0.15, 0.2) is 5.78 Å². The van der Waals surface area contributed by atoms with Crippen LogP contribution in [0.5, 0.6) is 0 Å². The highest BCUT2D eigenvalue weighted by Crippen LogP contribution is 2.25. The Kier molecular flexibility index (Phi) is 4.60. The van der Waals surface area contributed by atoms with E-state index in [4.69, 9.17) is 23.2 Å². The Morgan fingerprint density at radius 3 is 2.48 bits per heavy atom. The van der Waals surface area contributed by atoms with Crippen molar-refractivity contribution in [3.63, 3.8) is 0 Å². The van der Waals surface area contributed by atoms with E-state index in [2.05, 4.69) is 0 Å². The molecule has 0 fully saturated rings. The van der Waals surface area contributed by atoms with Crippen molar-refractivity contribution in [2.24, 2.45) is 0 Å². The molecule has 0 aromatic heterocycles. The summed E-state index contributed by atoms with van der Waals surface area (Å²) in [7, 11) is 0. The van der Waals surface area contributed by atoms with Crippen LogP contribution in [0.2, 0.25) is 10.0 Å². The number of halogens is 2. The van der Waals surface area contributed by atoms with Gasteiger partial charge in [0.25, 0.3) is 5.69 Å². The second-order valence-electron chi connectivity index (χ2n) is 4.63. The highest BCUT2D eigenvalue weighted by Gasteiger charge is 2.20. The first-order valence-corrected chi connectivity index (χ1v) is 6.86. The molecule has 0 spiro atoms. The van der Waals surface area contributed by atoms with E-state index in [-0.39, 0.29) is 23.5 Å². The van der Waals surface area contributed by atoms with Gasteiger partial charge in [0.05, 0.1) is 20.5 Å². The predicted molar refractivity (Wildman–Crippen MR) is 82.3 cm³/mol.